The first-order valence-electron chi connectivity index (χ1n) is 12.9. The summed E-state index contributed by atoms with van der Waals surface area (Å²) in [4.78, 5) is 41.2. The minimum Gasteiger partial charge on any atom is -0.395 e. The molecule has 0 spiro atoms. The molecule has 1 aromatic heterocycles. The van der Waals surface area contributed by atoms with Crippen LogP contribution in [0.15, 0.2) is 30.6 Å². The van der Waals surface area contributed by atoms with Gasteiger partial charge in [0.15, 0.2) is 11.6 Å². The van der Waals surface area contributed by atoms with Crippen LogP contribution in [0.2, 0.25) is 5.02 Å². The minimum absolute atomic E-state index is 0.0650. The average molecular weight is 528 g/mol. The van der Waals surface area contributed by atoms with Crippen molar-refractivity contribution in [1.82, 2.24) is 20.2 Å². The van der Waals surface area contributed by atoms with Crippen LogP contribution in [0.4, 0.5) is 17.3 Å². The number of benzene rings is 1. The quantitative estimate of drug-likeness (QED) is 0.476. The third-order valence-corrected chi connectivity index (χ3v) is 7.67. The number of aliphatic hydroxyl groups is 1. The molecule has 0 radical (unpaired) electrons. The zero-order valence-electron chi connectivity index (χ0n) is 21.2. The minimum atomic E-state index is -0.295. The van der Waals surface area contributed by atoms with Gasteiger partial charge in [-0.1, -0.05) is 37.6 Å². The van der Waals surface area contributed by atoms with Gasteiger partial charge in [-0.15, -0.1) is 0 Å². The van der Waals surface area contributed by atoms with E-state index in [0.29, 0.717) is 37.0 Å². The molecule has 198 valence electrons. The lowest BCUT2D eigenvalue weighted by Crippen LogP contribution is -2.58. The van der Waals surface area contributed by atoms with E-state index in [1.807, 2.05) is 29.2 Å². The van der Waals surface area contributed by atoms with Crippen LogP contribution in [0.25, 0.3) is 0 Å². The van der Waals surface area contributed by atoms with E-state index in [1.54, 1.807) is 0 Å². The highest BCUT2D eigenvalue weighted by atomic mass is 35.5. The highest BCUT2D eigenvalue weighted by Gasteiger charge is 2.45. The molecular formula is C26H34ClN7O3. The van der Waals surface area contributed by atoms with Crippen LogP contribution in [0.3, 0.4) is 0 Å². The lowest BCUT2D eigenvalue weighted by atomic mass is 9.95. The van der Waals surface area contributed by atoms with E-state index in [1.165, 1.54) is 6.33 Å². The predicted octanol–water partition coefficient (Wildman–Crippen LogP) is 1.84. The zero-order chi connectivity index (χ0) is 26.1. The summed E-state index contributed by atoms with van der Waals surface area (Å²) in [5.74, 6) is 0.878. The Morgan fingerprint density at radius 1 is 1.19 bits per heavy atom. The van der Waals surface area contributed by atoms with Crippen LogP contribution >= 0.6 is 11.6 Å². The van der Waals surface area contributed by atoms with Gasteiger partial charge in [-0.05, 0) is 30.5 Å². The summed E-state index contributed by atoms with van der Waals surface area (Å²) >= 11 is 6.12. The molecule has 3 N–H and O–H groups in total. The Balaban J connectivity index is 1.39. The number of fused-ring (bicyclic) bond motifs is 3. The van der Waals surface area contributed by atoms with E-state index in [2.05, 4.69) is 44.2 Å². The van der Waals surface area contributed by atoms with Crippen molar-refractivity contribution in [3.8, 4) is 0 Å². The van der Waals surface area contributed by atoms with Gasteiger partial charge in [0.1, 0.15) is 12.0 Å². The molecule has 1 aromatic carbocycles. The molecule has 3 atom stereocenters. The summed E-state index contributed by atoms with van der Waals surface area (Å²) in [5, 5.41) is 16.5. The number of hydrogen-bond acceptors (Lipinski definition) is 8. The molecular weight excluding hydrogens is 494 g/mol. The van der Waals surface area contributed by atoms with Crippen molar-refractivity contribution in [3.05, 3.63) is 41.2 Å². The van der Waals surface area contributed by atoms with Crippen molar-refractivity contribution in [3.63, 3.8) is 0 Å². The second-order valence-corrected chi connectivity index (χ2v) is 10.7. The summed E-state index contributed by atoms with van der Waals surface area (Å²) in [6, 6.07) is 7.97. The van der Waals surface area contributed by atoms with Crippen molar-refractivity contribution >= 4 is 40.7 Å². The molecule has 2 amide bonds. The molecule has 0 saturated carbocycles. The number of halogens is 1. The number of carbonyl (C=O) groups is 2. The van der Waals surface area contributed by atoms with Crippen LogP contribution in [0.1, 0.15) is 38.2 Å². The number of nitrogens with one attached hydrogen (secondary N) is 2. The largest absolute Gasteiger partial charge is 0.395 e. The molecule has 2 saturated heterocycles. The van der Waals surface area contributed by atoms with Gasteiger partial charge in [-0.25, -0.2) is 9.97 Å². The Hall–Kier alpha value is -2.95. The third-order valence-electron chi connectivity index (χ3n) is 7.42. The molecule has 2 aromatic rings. The van der Waals surface area contributed by atoms with Crippen LogP contribution < -0.4 is 20.4 Å². The maximum Gasteiger partial charge on any atom is 0.245 e. The summed E-state index contributed by atoms with van der Waals surface area (Å²) in [5.41, 5.74) is 1.69. The van der Waals surface area contributed by atoms with Gasteiger partial charge >= 0.3 is 0 Å². The van der Waals surface area contributed by atoms with E-state index >= 15 is 0 Å². The number of aliphatic hydroxyl groups excluding tert-OH is 1. The fourth-order valence-electron chi connectivity index (χ4n) is 5.73. The molecule has 10 nitrogen and oxygen atoms in total. The molecule has 2 bridgehead atoms. The third kappa shape index (κ3) is 5.23. The summed E-state index contributed by atoms with van der Waals surface area (Å²) in [6.45, 7) is 6.41. The fraction of sp³-hybridized carbons (Fsp3) is 0.538. The predicted molar refractivity (Wildman–Crippen MR) is 143 cm³/mol. The van der Waals surface area contributed by atoms with Crippen LogP contribution in [0, 0.1) is 0 Å². The fourth-order valence-corrected chi connectivity index (χ4v) is 5.86. The zero-order valence-corrected chi connectivity index (χ0v) is 22.0. The maximum atomic E-state index is 14.0. The maximum absolute atomic E-state index is 14.0. The second-order valence-electron chi connectivity index (χ2n) is 10.3. The van der Waals surface area contributed by atoms with Gasteiger partial charge in [0, 0.05) is 49.3 Å². The number of amides is 2. The van der Waals surface area contributed by atoms with E-state index in [4.69, 9.17) is 11.6 Å². The number of aromatic nitrogens is 2. The van der Waals surface area contributed by atoms with Gasteiger partial charge in [0.05, 0.1) is 19.1 Å². The Bertz CT molecular complexity index is 1130. The highest BCUT2D eigenvalue weighted by Crippen LogP contribution is 2.40. The number of nitrogens with zero attached hydrogens (tertiary/aromatic N) is 5. The van der Waals surface area contributed by atoms with Crippen molar-refractivity contribution in [2.45, 2.75) is 50.7 Å². The molecule has 3 aliphatic heterocycles. The number of carbonyl (C=O) groups excluding carboxylic acids is 2. The average Bonchev–Trinajstić information content (AvgIpc) is 3.13. The Kier molecular flexibility index (Phi) is 7.50. The van der Waals surface area contributed by atoms with Crippen LogP contribution in [-0.2, 0) is 9.59 Å². The SMILES string of the molecule is CC(C)NC[C@@H](C(=O)N1C2CCC1CN(c1ncnc3c1N(CCO)CC(=O)N3)C2)c1ccc(Cl)cc1. The van der Waals surface area contributed by atoms with Crippen molar-refractivity contribution in [2.24, 2.45) is 0 Å². The van der Waals surface area contributed by atoms with E-state index < -0.39 is 0 Å². The molecule has 2 unspecified atom stereocenters. The molecule has 3 aliphatic rings. The Morgan fingerprint density at radius 3 is 2.54 bits per heavy atom. The van der Waals surface area contributed by atoms with Gasteiger partial charge in [-0.2, -0.15) is 0 Å². The Morgan fingerprint density at radius 2 is 1.89 bits per heavy atom. The summed E-state index contributed by atoms with van der Waals surface area (Å²) in [7, 11) is 0. The summed E-state index contributed by atoms with van der Waals surface area (Å²) in [6.07, 6.45) is 3.33. The van der Waals surface area contributed by atoms with Gasteiger partial charge < -0.3 is 30.4 Å². The normalized spacial score (nSPS) is 21.8. The molecule has 5 rings (SSSR count). The number of anilines is 3. The molecule has 37 heavy (non-hydrogen) atoms. The number of rotatable bonds is 8. The Labute approximate surface area is 222 Å². The molecule has 0 aliphatic carbocycles. The first-order chi connectivity index (χ1) is 17.9. The molecule has 4 heterocycles. The highest BCUT2D eigenvalue weighted by molar-refractivity contribution is 6.30. The lowest BCUT2D eigenvalue weighted by molar-refractivity contribution is -0.136. The molecule has 11 heteroatoms. The van der Waals surface area contributed by atoms with Crippen molar-refractivity contribution in [2.75, 3.05) is 54.4 Å². The van der Waals surface area contributed by atoms with E-state index in [0.717, 1.165) is 29.9 Å². The lowest BCUT2D eigenvalue weighted by Gasteiger charge is -2.44. The first kappa shape index (κ1) is 25.7. The van der Waals surface area contributed by atoms with Crippen molar-refractivity contribution < 1.29 is 14.7 Å². The second kappa shape index (κ2) is 10.8. The smallest absolute Gasteiger partial charge is 0.245 e. The van der Waals surface area contributed by atoms with E-state index in [9.17, 15) is 14.7 Å². The van der Waals surface area contributed by atoms with Crippen molar-refractivity contribution in [1.29, 1.82) is 0 Å². The van der Waals surface area contributed by atoms with Gasteiger partial charge in [0.25, 0.3) is 0 Å². The van der Waals surface area contributed by atoms with Crippen LogP contribution in [0.5, 0.6) is 0 Å². The molecule has 2 fully saturated rings. The number of β-amino-alcohol motifs (C(OH)–C–C–N with tert-alkyl or cyclic N) is 1. The summed E-state index contributed by atoms with van der Waals surface area (Å²) < 4.78 is 0. The van der Waals surface area contributed by atoms with Gasteiger partial charge in [-0.3, -0.25) is 9.59 Å². The number of piperazine rings is 1. The standard InChI is InChI=1S/C26H34ClN7O3/c1-16(2)28-11-21(17-3-5-18(27)6-4-17)26(37)34-19-7-8-20(34)13-33(12-19)25-23-24(29-15-30-25)31-22(36)14-32(23)9-10-35/h3-6,15-16,19-21,28,35H,7-14H2,1-2H3,(H,29,30,31,36)/t19?,20?,21-/m1/s1. The van der Waals surface area contributed by atoms with Crippen LogP contribution in [-0.4, -0.2) is 89.2 Å². The van der Waals surface area contributed by atoms with Gasteiger partial charge in [0.2, 0.25) is 11.8 Å². The number of hydrogen-bond donors (Lipinski definition) is 3. The monoisotopic (exact) mass is 527 g/mol. The topological polar surface area (TPSA) is 114 Å². The van der Waals surface area contributed by atoms with E-state index in [-0.39, 0.29) is 49.0 Å². The first-order valence-corrected chi connectivity index (χ1v) is 13.3.